The summed E-state index contributed by atoms with van der Waals surface area (Å²) in [6, 6.07) is 12.0. The molecule has 0 aliphatic rings. The third kappa shape index (κ3) is 3.79. The summed E-state index contributed by atoms with van der Waals surface area (Å²) in [5, 5.41) is 12.7. The maximum Gasteiger partial charge on any atom is 0.251 e. The van der Waals surface area contributed by atoms with Crippen molar-refractivity contribution in [2.45, 2.75) is 13.3 Å². The van der Waals surface area contributed by atoms with Crippen LogP contribution >= 0.6 is 0 Å². The van der Waals surface area contributed by atoms with Gasteiger partial charge < -0.3 is 10.4 Å². The normalized spacial score (nSPS) is 11.0. The van der Waals surface area contributed by atoms with Crippen molar-refractivity contribution in [1.82, 2.24) is 19.9 Å². The van der Waals surface area contributed by atoms with E-state index >= 15 is 0 Å². The van der Waals surface area contributed by atoms with E-state index in [-0.39, 0.29) is 18.3 Å². The first kappa shape index (κ1) is 19.7. The molecule has 0 fully saturated rings. The van der Waals surface area contributed by atoms with E-state index in [0.717, 1.165) is 16.5 Å². The number of nitrogens with zero attached hydrogens (tertiary/aromatic N) is 3. The fourth-order valence-corrected chi connectivity index (χ4v) is 3.37. The van der Waals surface area contributed by atoms with Gasteiger partial charge in [-0.3, -0.25) is 9.36 Å². The van der Waals surface area contributed by atoms with Crippen LogP contribution in [-0.4, -0.2) is 38.7 Å². The summed E-state index contributed by atoms with van der Waals surface area (Å²) in [4.78, 5) is 21.2. The molecule has 6 nitrogen and oxygen atoms in total. The Morgan fingerprint density at radius 3 is 2.67 bits per heavy atom. The van der Waals surface area contributed by atoms with Crippen LogP contribution in [0.15, 0.2) is 61.1 Å². The Bertz CT molecular complexity index is 1200. The molecule has 7 heteroatoms. The first-order chi connectivity index (χ1) is 14.6. The van der Waals surface area contributed by atoms with Crippen LogP contribution in [-0.2, 0) is 0 Å². The zero-order valence-electron chi connectivity index (χ0n) is 16.5. The zero-order chi connectivity index (χ0) is 21.1. The van der Waals surface area contributed by atoms with Gasteiger partial charge in [-0.2, -0.15) is 0 Å². The van der Waals surface area contributed by atoms with Gasteiger partial charge in [-0.15, -0.1) is 0 Å². The highest BCUT2D eigenvalue weighted by Gasteiger charge is 2.13. The average Bonchev–Trinajstić information content (AvgIpc) is 3.10. The molecule has 4 aromatic rings. The minimum Gasteiger partial charge on any atom is -0.396 e. The number of aromatic nitrogens is 3. The first-order valence-corrected chi connectivity index (χ1v) is 9.66. The second-order valence-corrected chi connectivity index (χ2v) is 7.00. The Labute approximate surface area is 173 Å². The average molecular weight is 404 g/mol. The number of benzene rings is 2. The van der Waals surface area contributed by atoms with Gasteiger partial charge in [0.15, 0.2) is 0 Å². The Morgan fingerprint density at radius 2 is 1.93 bits per heavy atom. The molecule has 0 saturated carbocycles. The number of hydrogen-bond acceptors (Lipinski definition) is 4. The predicted octanol–water partition coefficient (Wildman–Crippen LogP) is 3.65. The smallest absolute Gasteiger partial charge is 0.251 e. The van der Waals surface area contributed by atoms with Crippen LogP contribution in [0.3, 0.4) is 0 Å². The molecule has 0 radical (unpaired) electrons. The van der Waals surface area contributed by atoms with Crippen molar-refractivity contribution in [3.8, 4) is 17.1 Å². The molecular formula is C23H21FN4O2. The highest BCUT2D eigenvalue weighted by molar-refractivity contribution is 5.98. The van der Waals surface area contributed by atoms with Crippen molar-refractivity contribution in [2.24, 2.45) is 0 Å². The van der Waals surface area contributed by atoms with E-state index in [0.29, 0.717) is 35.6 Å². The van der Waals surface area contributed by atoms with E-state index in [4.69, 9.17) is 5.11 Å². The van der Waals surface area contributed by atoms with Crippen molar-refractivity contribution >= 4 is 16.8 Å². The molecule has 1 amide bonds. The van der Waals surface area contributed by atoms with Crippen molar-refractivity contribution in [3.05, 3.63) is 78.0 Å². The molecule has 2 N–H and O–H groups in total. The lowest BCUT2D eigenvalue weighted by molar-refractivity contribution is 0.0951. The predicted molar refractivity (Wildman–Crippen MR) is 113 cm³/mol. The van der Waals surface area contributed by atoms with Gasteiger partial charge in [0, 0.05) is 53.8 Å². The molecule has 4 rings (SSSR count). The summed E-state index contributed by atoms with van der Waals surface area (Å²) in [5.41, 5.74) is 3.39. The lowest BCUT2D eigenvalue weighted by atomic mass is 10.1. The SMILES string of the molecule is Cc1cn(-c2ncc(-c3ccccc3F)cn2)c2cc(C(=O)NCCCO)ccc12. The summed E-state index contributed by atoms with van der Waals surface area (Å²) in [6.07, 6.45) is 5.60. The quantitative estimate of drug-likeness (QED) is 0.481. The van der Waals surface area contributed by atoms with Gasteiger partial charge in [-0.05, 0) is 37.1 Å². The topological polar surface area (TPSA) is 80.0 Å². The van der Waals surface area contributed by atoms with Gasteiger partial charge >= 0.3 is 0 Å². The fourth-order valence-electron chi connectivity index (χ4n) is 3.37. The molecule has 0 saturated heterocycles. The van der Waals surface area contributed by atoms with Crippen molar-refractivity contribution < 1.29 is 14.3 Å². The molecule has 2 heterocycles. The summed E-state index contributed by atoms with van der Waals surface area (Å²) < 4.78 is 15.8. The summed E-state index contributed by atoms with van der Waals surface area (Å²) in [7, 11) is 0. The number of aryl methyl sites for hydroxylation is 1. The van der Waals surface area contributed by atoms with Crippen molar-refractivity contribution in [2.75, 3.05) is 13.2 Å². The van der Waals surface area contributed by atoms with Gasteiger partial charge in [-0.1, -0.05) is 24.3 Å². The highest BCUT2D eigenvalue weighted by atomic mass is 19.1. The molecule has 0 atom stereocenters. The lowest BCUT2D eigenvalue weighted by Crippen LogP contribution is -2.24. The molecule has 0 aliphatic carbocycles. The van der Waals surface area contributed by atoms with Crippen LogP contribution in [0.2, 0.25) is 0 Å². The second-order valence-electron chi connectivity index (χ2n) is 7.00. The molecule has 152 valence electrons. The van der Waals surface area contributed by atoms with Crippen molar-refractivity contribution in [3.63, 3.8) is 0 Å². The number of aliphatic hydroxyl groups is 1. The number of rotatable bonds is 6. The van der Waals surface area contributed by atoms with E-state index in [1.54, 1.807) is 42.7 Å². The number of amides is 1. The summed E-state index contributed by atoms with van der Waals surface area (Å²) in [5.74, 6) is -0.0921. The molecule has 0 aliphatic heterocycles. The molecular weight excluding hydrogens is 383 g/mol. The van der Waals surface area contributed by atoms with Gasteiger partial charge in [0.1, 0.15) is 5.82 Å². The van der Waals surface area contributed by atoms with Crippen LogP contribution in [0.1, 0.15) is 22.3 Å². The van der Waals surface area contributed by atoms with E-state index in [1.807, 2.05) is 23.8 Å². The first-order valence-electron chi connectivity index (χ1n) is 9.66. The van der Waals surface area contributed by atoms with E-state index < -0.39 is 0 Å². The largest absolute Gasteiger partial charge is 0.396 e. The minimum absolute atomic E-state index is 0.0293. The molecule has 0 spiro atoms. The third-order valence-electron chi connectivity index (χ3n) is 4.93. The Balaban J connectivity index is 1.69. The maximum atomic E-state index is 14.0. The van der Waals surface area contributed by atoms with Crippen LogP contribution in [0.4, 0.5) is 4.39 Å². The zero-order valence-corrected chi connectivity index (χ0v) is 16.5. The van der Waals surface area contributed by atoms with E-state index in [2.05, 4.69) is 15.3 Å². The monoisotopic (exact) mass is 404 g/mol. The molecule has 2 aromatic heterocycles. The number of fused-ring (bicyclic) bond motifs is 1. The van der Waals surface area contributed by atoms with Gasteiger partial charge in [0.05, 0.1) is 5.52 Å². The standard InChI is InChI=1S/C23H21FN4O2/c1-15-14-28(21-11-16(7-8-18(15)21)22(30)25-9-4-10-29)23-26-12-17(13-27-23)19-5-2-3-6-20(19)24/h2-3,5-8,11-14,29H,4,9-10H2,1H3,(H,25,30). The Hall–Kier alpha value is -3.58. The number of aliphatic hydroxyl groups excluding tert-OH is 1. The summed E-state index contributed by atoms with van der Waals surface area (Å²) >= 11 is 0. The molecule has 30 heavy (non-hydrogen) atoms. The highest BCUT2D eigenvalue weighted by Crippen LogP contribution is 2.26. The number of hydrogen-bond donors (Lipinski definition) is 2. The molecule has 2 aromatic carbocycles. The lowest BCUT2D eigenvalue weighted by Gasteiger charge is -2.08. The minimum atomic E-state index is -0.326. The van der Waals surface area contributed by atoms with Crippen LogP contribution < -0.4 is 5.32 Å². The number of carbonyl (C=O) groups excluding carboxylic acids is 1. The van der Waals surface area contributed by atoms with Crippen LogP contribution in [0, 0.1) is 12.7 Å². The van der Waals surface area contributed by atoms with Crippen LogP contribution in [0.25, 0.3) is 28.0 Å². The maximum absolute atomic E-state index is 14.0. The molecule has 0 unspecified atom stereocenters. The number of halogens is 1. The second kappa shape index (κ2) is 8.42. The van der Waals surface area contributed by atoms with Gasteiger partial charge in [0.25, 0.3) is 5.91 Å². The Morgan fingerprint density at radius 1 is 1.17 bits per heavy atom. The fraction of sp³-hybridized carbons (Fsp3) is 0.174. The molecule has 0 bridgehead atoms. The third-order valence-corrected chi connectivity index (χ3v) is 4.93. The van der Waals surface area contributed by atoms with Crippen molar-refractivity contribution in [1.29, 1.82) is 0 Å². The van der Waals surface area contributed by atoms with Crippen LogP contribution in [0.5, 0.6) is 0 Å². The van der Waals surface area contributed by atoms with E-state index in [1.165, 1.54) is 6.07 Å². The summed E-state index contributed by atoms with van der Waals surface area (Å²) in [6.45, 7) is 2.42. The number of nitrogens with one attached hydrogen (secondary N) is 1. The number of carbonyl (C=O) groups is 1. The van der Waals surface area contributed by atoms with Gasteiger partial charge in [-0.25, -0.2) is 14.4 Å². The van der Waals surface area contributed by atoms with E-state index in [9.17, 15) is 9.18 Å². The Kier molecular flexibility index (Phi) is 5.54. The van der Waals surface area contributed by atoms with Gasteiger partial charge in [0.2, 0.25) is 5.95 Å².